The van der Waals surface area contributed by atoms with E-state index in [2.05, 4.69) is 235 Å². The highest BCUT2D eigenvalue weighted by Gasteiger charge is 2.39. The Morgan fingerprint density at radius 3 is 1.63 bits per heavy atom. The summed E-state index contributed by atoms with van der Waals surface area (Å²) in [7, 11) is 0. The van der Waals surface area contributed by atoms with E-state index in [0.717, 1.165) is 12.8 Å². The molecule has 2 heteroatoms. The lowest BCUT2D eigenvalue weighted by molar-refractivity contribution is 0.447. The van der Waals surface area contributed by atoms with Crippen LogP contribution in [-0.4, -0.2) is 11.1 Å². The highest BCUT2D eigenvalue weighted by molar-refractivity contribution is 5.88. The molecular formula is C60H56N2. The highest BCUT2D eigenvalue weighted by Crippen LogP contribution is 2.53. The molecule has 0 aromatic heterocycles. The summed E-state index contributed by atoms with van der Waals surface area (Å²) in [6.07, 6.45) is 11.4. The SMILES string of the molecule is CC1(C)c2cc(/C=C/c3ccc4c(c3)C(C)(C)c3cc(N5c6ccccc6CCC5(C)C)ccc3-4)ccc2-c2ccc(-c3ccc(N4c5ccccc5C=CC4(C)C)cc3)cc21. The van der Waals surface area contributed by atoms with Gasteiger partial charge in [0.25, 0.3) is 0 Å². The average Bonchev–Trinajstić information content (AvgIpc) is 3.63. The summed E-state index contributed by atoms with van der Waals surface area (Å²) in [6.45, 7) is 18.9. The normalized spacial score (nSPS) is 17.9. The van der Waals surface area contributed by atoms with Crippen molar-refractivity contribution >= 4 is 41.0 Å². The predicted octanol–water partition coefficient (Wildman–Crippen LogP) is 15.9. The molecule has 0 fully saturated rings. The van der Waals surface area contributed by atoms with Crippen molar-refractivity contribution in [3.8, 4) is 33.4 Å². The maximum Gasteiger partial charge on any atom is 0.0580 e. The number of hydrogen-bond donors (Lipinski definition) is 0. The predicted molar refractivity (Wildman–Crippen MR) is 265 cm³/mol. The van der Waals surface area contributed by atoms with Crippen LogP contribution in [0.15, 0.2) is 152 Å². The summed E-state index contributed by atoms with van der Waals surface area (Å²) in [6, 6.07) is 55.2. The maximum atomic E-state index is 2.58. The van der Waals surface area contributed by atoms with E-state index in [-0.39, 0.29) is 21.9 Å². The molecule has 2 aliphatic heterocycles. The fourth-order valence-corrected chi connectivity index (χ4v) is 11.3. The molecular weight excluding hydrogens is 749 g/mol. The van der Waals surface area contributed by atoms with Gasteiger partial charge in [-0.3, -0.25) is 0 Å². The molecule has 11 rings (SSSR count). The third-order valence-electron chi connectivity index (χ3n) is 14.8. The molecule has 0 bridgehead atoms. The van der Waals surface area contributed by atoms with Gasteiger partial charge in [-0.05, 0) is 161 Å². The van der Waals surface area contributed by atoms with Crippen molar-refractivity contribution < 1.29 is 0 Å². The van der Waals surface area contributed by atoms with E-state index in [1.165, 1.54) is 101 Å². The lowest BCUT2D eigenvalue weighted by atomic mass is 9.81. The van der Waals surface area contributed by atoms with E-state index in [1.807, 2.05) is 0 Å². The van der Waals surface area contributed by atoms with Gasteiger partial charge < -0.3 is 9.80 Å². The minimum absolute atomic E-state index is 0.0411. The fourth-order valence-electron chi connectivity index (χ4n) is 11.3. The number of para-hydroxylation sites is 2. The lowest BCUT2D eigenvalue weighted by Gasteiger charge is -2.45. The Morgan fingerprint density at radius 1 is 0.452 bits per heavy atom. The van der Waals surface area contributed by atoms with Gasteiger partial charge in [-0.2, -0.15) is 0 Å². The van der Waals surface area contributed by atoms with E-state index in [0.29, 0.717) is 0 Å². The van der Waals surface area contributed by atoms with Crippen LogP contribution in [0.2, 0.25) is 0 Å². The topological polar surface area (TPSA) is 6.48 Å². The van der Waals surface area contributed by atoms with Gasteiger partial charge in [0.05, 0.1) is 5.54 Å². The Balaban J connectivity index is 0.847. The van der Waals surface area contributed by atoms with Gasteiger partial charge in [0.2, 0.25) is 0 Å². The van der Waals surface area contributed by atoms with Gasteiger partial charge in [0, 0.05) is 39.1 Å². The number of fused-ring (bicyclic) bond motifs is 8. The average molecular weight is 805 g/mol. The molecule has 2 heterocycles. The highest BCUT2D eigenvalue weighted by atomic mass is 15.2. The molecule has 7 aromatic carbocycles. The molecule has 7 aromatic rings. The second kappa shape index (κ2) is 13.6. The lowest BCUT2D eigenvalue weighted by Crippen LogP contribution is -2.44. The zero-order chi connectivity index (χ0) is 42.8. The summed E-state index contributed by atoms with van der Waals surface area (Å²) >= 11 is 0. The Bertz CT molecular complexity index is 3020. The standard InChI is InChI=1S/C60H56N2/c1-57(2)33-31-42-13-9-11-15-55(42)61(57)45-24-21-41(22-25-45)44-23-29-49-47-27-19-39(35-51(47)59(5,6)53(49)37-44)17-18-40-20-28-48-50-30-26-46(38-54(50)60(7,8)52(48)36-40)62-56-16-12-10-14-43(56)32-34-58(62,3)4/h9-31,33,35-38H,32,34H2,1-8H3/b18-17+. The molecule has 0 spiro atoms. The molecule has 2 nitrogen and oxygen atoms in total. The van der Waals surface area contributed by atoms with Crippen molar-refractivity contribution in [1.82, 2.24) is 0 Å². The number of nitrogens with zero attached hydrogens (tertiary/aromatic N) is 2. The quantitative estimate of drug-likeness (QED) is 0.160. The van der Waals surface area contributed by atoms with E-state index in [1.54, 1.807) is 0 Å². The van der Waals surface area contributed by atoms with Crippen LogP contribution < -0.4 is 9.80 Å². The van der Waals surface area contributed by atoms with Crippen LogP contribution >= 0.6 is 0 Å². The second-order valence-electron chi connectivity index (χ2n) is 20.4. The molecule has 4 aliphatic rings. The Hall–Kier alpha value is -6.38. The number of benzene rings is 7. The third-order valence-corrected chi connectivity index (χ3v) is 14.8. The van der Waals surface area contributed by atoms with Gasteiger partial charge in [-0.15, -0.1) is 0 Å². The third kappa shape index (κ3) is 5.90. The molecule has 0 atom stereocenters. The molecule has 0 N–H and O–H groups in total. The maximum absolute atomic E-state index is 2.58. The minimum atomic E-state index is -0.123. The Labute approximate surface area is 368 Å². The van der Waals surface area contributed by atoms with Crippen molar-refractivity contribution in [1.29, 1.82) is 0 Å². The van der Waals surface area contributed by atoms with Crippen LogP contribution in [0.25, 0.3) is 51.6 Å². The summed E-state index contributed by atoms with van der Waals surface area (Å²) < 4.78 is 0. The van der Waals surface area contributed by atoms with Crippen molar-refractivity contribution in [2.24, 2.45) is 0 Å². The van der Waals surface area contributed by atoms with Gasteiger partial charge in [0.15, 0.2) is 0 Å². The molecule has 0 radical (unpaired) electrons. The van der Waals surface area contributed by atoms with Gasteiger partial charge in [-0.1, -0.05) is 155 Å². The summed E-state index contributed by atoms with van der Waals surface area (Å²) in [5.41, 5.74) is 23.4. The van der Waals surface area contributed by atoms with Crippen molar-refractivity contribution in [3.05, 3.63) is 196 Å². The van der Waals surface area contributed by atoms with Crippen LogP contribution in [0.4, 0.5) is 22.7 Å². The number of aryl methyl sites for hydroxylation is 1. The first-order valence-electron chi connectivity index (χ1n) is 22.5. The molecule has 0 saturated heterocycles. The zero-order valence-electron chi connectivity index (χ0n) is 37.5. The smallest absolute Gasteiger partial charge is 0.0580 e. The number of rotatable bonds is 5. The second-order valence-corrected chi connectivity index (χ2v) is 20.4. The molecule has 62 heavy (non-hydrogen) atoms. The van der Waals surface area contributed by atoms with Gasteiger partial charge in [-0.25, -0.2) is 0 Å². The Morgan fingerprint density at radius 2 is 0.968 bits per heavy atom. The van der Waals surface area contributed by atoms with Crippen molar-refractivity contribution in [3.63, 3.8) is 0 Å². The van der Waals surface area contributed by atoms with Gasteiger partial charge in [0.1, 0.15) is 0 Å². The monoisotopic (exact) mass is 804 g/mol. The van der Waals surface area contributed by atoms with Gasteiger partial charge >= 0.3 is 0 Å². The summed E-state index contributed by atoms with van der Waals surface area (Å²) in [5.74, 6) is 0. The van der Waals surface area contributed by atoms with E-state index in [9.17, 15) is 0 Å². The summed E-state index contributed by atoms with van der Waals surface area (Å²) in [4.78, 5) is 5.04. The number of hydrogen-bond acceptors (Lipinski definition) is 2. The molecule has 306 valence electrons. The zero-order valence-corrected chi connectivity index (χ0v) is 37.5. The van der Waals surface area contributed by atoms with Crippen LogP contribution in [0.3, 0.4) is 0 Å². The van der Waals surface area contributed by atoms with Crippen LogP contribution in [0, 0.1) is 0 Å². The van der Waals surface area contributed by atoms with Crippen molar-refractivity contribution in [2.45, 2.75) is 90.1 Å². The minimum Gasteiger partial charge on any atom is -0.336 e. The first kappa shape index (κ1) is 38.5. The number of anilines is 4. The molecule has 2 aliphatic carbocycles. The largest absolute Gasteiger partial charge is 0.336 e. The van der Waals surface area contributed by atoms with E-state index >= 15 is 0 Å². The van der Waals surface area contributed by atoms with E-state index in [4.69, 9.17) is 0 Å². The van der Waals surface area contributed by atoms with E-state index < -0.39 is 0 Å². The van der Waals surface area contributed by atoms with Crippen LogP contribution in [-0.2, 0) is 17.3 Å². The molecule has 0 amide bonds. The first-order chi connectivity index (χ1) is 29.7. The summed E-state index contributed by atoms with van der Waals surface area (Å²) in [5, 5.41) is 0. The van der Waals surface area contributed by atoms with Crippen molar-refractivity contribution in [2.75, 3.05) is 9.80 Å². The van der Waals surface area contributed by atoms with Crippen LogP contribution in [0.5, 0.6) is 0 Å². The Kier molecular flexibility index (Phi) is 8.43. The molecule has 0 saturated carbocycles. The molecule has 0 unspecified atom stereocenters. The fraction of sp³-hybridized carbons (Fsp3) is 0.233. The first-order valence-corrected chi connectivity index (χ1v) is 22.5. The van der Waals surface area contributed by atoms with Crippen LogP contribution in [0.1, 0.15) is 106 Å².